The Bertz CT molecular complexity index is 370. The summed E-state index contributed by atoms with van der Waals surface area (Å²) in [5, 5.41) is 11.4. The summed E-state index contributed by atoms with van der Waals surface area (Å²) in [5.74, 6) is -0.686. The predicted molar refractivity (Wildman–Crippen MR) is 74.6 cm³/mol. The second-order valence-electron chi connectivity index (χ2n) is 5.30. The summed E-state index contributed by atoms with van der Waals surface area (Å²) in [6, 6.07) is -0.847. The Morgan fingerprint density at radius 1 is 1.45 bits per heavy atom. The molecule has 0 aromatic carbocycles. The highest BCUT2D eigenvalue weighted by Crippen LogP contribution is 2.39. The van der Waals surface area contributed by atoms with Crippen molar-refractivity contribution >= 4 is 23.6 Å². The van der Waals surface area contributed by atoms with E-state index in [-0.39, 0.29) is 17.8 Å². The van der Waals surface area contributed by atoms with E-state index in [2.05, 4.69) is 5.32 Å². The van der Waals surface area contributed by atoms with Crippen LogP contribution in [0.2, 0.25) is 0 Å². The van der Waals surface area contributed by atoms with Crippen LogP contribution in [0.25, 0.3) is 0 Å². The van der Waals surface area contributed by atoms with Crippen LogP contribution in [0.1, 0.15) is 32.6 Å². The Labute approximate surface area is 122 Å². The minimum atomic E-state index is -1.01. The van der Waals surface area contributed by atoms with Crippen molar-refractivity contribution in [2.75, 3.05) is 18.1 Å². The molecule has 0 radical (unpaired) electrons. The van der Waals surface area contributed by atoms with Crippen LogP contribution in [0.5, 0.6) is 0 Å². The lowest BCUT2D eigenvalue weighted by atomic mass is 10.2. The van der Waals surface area contributed by atoms with Crippen LogP contribution < -0.4 is 5.32 Å². The molecule has 2 rings (SSSR count). The first kappa shape index (κ1) is 15.6. The van der Waals surface area contributed by atoms with Crippen molar-refractivity contribution in [3.8, 4) is 0 Å². The molecular formula is C13H21NO5S. The van der Waals surface area contributed by atoms with Crippen LogP contribution in [0.15, 0.2) is 0 Å². The Hall–Kier alpha value is -0.790. The van der Waals surface area contributed by atoms with Gasteiger partial charge in [0.05, 0.1) is 12.7 Å². The van der Waals surface area contributed by atoms with Gasteiger partial charge < -0.3 is 19.9 Å². The molecule has 2 unspecified atom stereocenters. The van der Waals surface area contributed by atoms with E-state index in [1.54, 1.807) is 0 Å². The van der Waals surface area contributed by atoms with Gasteiger partial charge in [-0.25, -0.2) is 4.79 Å². The topological polar surface area (TPSA) is 84.9 Å². The second-order valence-corrected chi connectivity index (χ2v) is 6.37. The lowest BCUT2D eigenvalue weighted by Crippen LogP contribution is -2.41. The van der Waals surface area contributed by atoms with Gasteiger partial charge in [0.25, 0.3) is 0 Å². The maximum atomic E-state index is 11.0. The van der Waals surface area contributed by atoms with Gasteiger partial charge in [-0.2, -0.15) is 11.8 Å². The van der Waals surface area contributed by atoms with E-state index in [4.69, 9.17) is 14.6 Å². The van der Waals surface area contributed by atoms with Crippen LogP contribution in [-0.2, 0) is 19.1 Å². The van der Waals surface area contributed by atoms with Gasteiger partial charge in [0.2, 0.25) is 5.91 Å². The average Bonchev–Trinajstić information content (AvgIpc) is 2.99. The lowest BCUT2D eigenvalue weighted by Gasteiger charge is -2.22. The van der Waals surface area contributed by atoms with Crippen molar-refractivity contribution < 1.29 is 24.2 Å². The van der Waals surface area contributed by atoms with E-state index < -0.39 is 12.0 Å². The number of ether oxygens (including phenoxy) is 2. The normalized spacial score (nSPS) is 25.8. The zero-order valence-electron chi connectivity index (χ0n) is 11.6. The van der Waals surface area contributed by atoms with E-state index in [9.17, 15) is 9.59 Å². The maximum Gasteiger partial charge on any atom is 0.327 e. The highest BCUT2D eigenvalue weighted by Gasteiger charge is 2.43. The highest BCUT2D eigenvalue weighted by atomic mass is 32.2. The van der Waals surface area contributed by atoms with Gasteiger partial charge in [0, 0.05) is 31.3 Å². The molecular weight excluding hydrogens is 282 g/mol. The monoisotopic (exact) mass is 303 g/mol. The number of carboxylic acids is 1. The quantitative estimate of drug-likeness (QED) is 0.761. The first-order valence-corrected chi connectivity index (χ1v) is 8.06. The van der Waals surface area contributed by atoms with Crippen molar-refractivity contribution in [1.82, 2.24) is 5.32 Å². The Kier molecular flexibility index (Phi) is 5.29. The summed E-state index contributed by atoms with van der Waals surface area (Å²) < 4.78 is 11.7. The molecule has 1 aliphatic heterocycles. The summed E-state index contributed by atoms with van der Waals surface area (Å²) >= 11 is 1.47. The smallest absolute Gasteiger partial charge is 0.327 e. The van der Waals surface area contributed by atoms with Crippen LogP contribution in [0.4, 0.5) is 0 Å². The molecule has 2 N–H and O–H groups in total. The van der Waals surface area contributed by atoms with Gasteiger partial charge in [-0.3, -0.25) is 4.79 Å². The molecule has 114 valence electrons. The molecule has 1 heterocycles. The van der Waals surface area contributed by atoms with Gasteiger partial charge in [0.15, 0.2) is 5.79 Å². The van der Waals surface area contributed by atoms with Crippen molar-refractivity contribution in [1.29, 1.82) is 0 Å². The second kappa shape index (κ2) is 6.78. The predicted octanol–water partition coefficient (Wildman–Crippen LogP) is 0.995. The van der Waals surface area contributed by atoms with Gasteiger partial charge >= 0.3 is 5.97 Å². The number of aliphatic carboxylic acids is 1. The van der Waals surface area contributed by atoms with Crippen molar-refractivity contribution in [3.05, 3.63) is 0 Å². The molecule has 2 atom stereocenters. The fourth-order valence-corrected chi connectivity index (χ4v) is 3.64. The van der Waals surface area contributed by atoms with Crippen LogP contribution >= 0.6 is 11.8 Å². The average molecular weight is 303 g/mol. The first-order chi connectivity index (χ1) is 9.51. The van der Waals surface area contributed by atoms with E-state index in [0.29, 0.717) is 18.1 Å². The minimum Gasteiger partial charge on any atom is -0.480 e. The molecule has 1 spiro atoms. The Morgan fingerprint density at radius 3 is 2.75 bits per heavy atom. The summed E-state index contributed by atoms with van der Waals surface area (Å²) in [5.41, 5.74) is 0. The molecule has 0 aromatic heterocycles. The first-order valence-electron chi connectivity index (χ1n) is 6.90. The van der Waals surface area contributed by atoms with E-state index >= 15 is 0 Å². The van der Waals surface area contributed by atoms with Crippen molar-refractivity contribution in [3.63, 3.8) is 0 Å². The summed E-state index contributed by atoms with van der Waals surface area (Å²) in [6.45, 7) is 1.89. The number of carboxylic acid groups (broad SMARTS) is 1. The van der Waals surface area contributed by atoms with Crippen molar-refractivity contribution in [2.24, 2.45) is 0 Å². The number of hydrogen-bond acceptors (Lipinski definition) is 5. The number of amides is 1. The molecule has 1 saturated heterocycles. The molecule has 1 aliphatic carbocycles. The van der Waals surface area contributed by atoms with Crippen molar-refractivity contribution in [2.45, 2.75) is 50.5 Å². The largest absolute Gasteiger partial charge is 0.480 e. The molecule has 7 heteroatoms. The van der Waals surface area contributed by atoms with Crippen LogP contribution in [-0.4, -0.2) is 53.0 Å². The molecule has 2 fully saturated rings. The van der Waals surface area contributed by atoms with Gasteiger partial charge in [-0.15, -0.1) is 0 Å². The zero-order chi connectivity index (χ0) is 14.6. The highest BCUT2D eigenvalue weighted by molar-refractivity contribution is 7.99. The number of hydrogen-bond donors (Lipinski definition) is 2. The van der Waals surface area contributed by atoms with Gasteiger partial charge in [0.1, 0.15) is 6.04 Å². The fraction of sp³-hybridized carbons (Fsp3) is 0.846. The van der Waals surface area contributed by atoms with Gasteiger partial charge in [-0.05, 0) is 12.8 Å². The summed E-state index contributed by atoms with van der Waals surface area (Å²) in [7, 11) is 0. The molecule has 2 aliphatic rings. The standard InChI is InChI=1S/C13H21NO5S/c1-9(15)14-11(12(16)17)8-20-7-10-6-18-13(19-10)4-2-3-5-13/h10-11H,2-8H2,1H3,(H,14,15)(H,16,17). The molecule has 6 nitrogen and oxygen atoms in total. The Morgan fingerprint density at radius 2 is 2.15 bits per heavy atom. The fourth-order valence-electron chi connectivity index (χ4n) is 2.61. The molecule has 1 amide bonds. The third-order valence-corrected chi connectivity index (χ3v) is 4.72. The summed E-state index contributed by atoms with van der Waals surface area (Å²) in [4.78, 5) is 21.9. The maximum absolute atomic E-state index is 11.0. The van der Waals surface area contributed by atoms with Crippen LogP contribution in [0.3, 0.4) is 0 Å². The molecule has 0 bridgehead atoms. The third-order valence-electron chi connectivity index (χ3n) is 3.54. The number of carbonyl (C=O) groups is 2. The van der Waals surface area contributed by atoms with Crippen LogP contribution in [0, 0.1) is 0 Å². The SMILES string of the molecule is CC(=O)NC(CSCC1COC2(CCCC2)O1)C(=O)O. The number of nitrogens with one attached hydrogen (secondary N) is 1. The molecule has 20 heavy (non-hydrogen) atoms. The van der Waals surface area contributed by atoms with E-state index in [1.807, 2.05) is 0 Å². The minimum absolute atomic E-state index is 0.0184. The van der Waals surface area contributed by atoms with E-state index in [0.717, 1.165) is 25.7 Å². The van der Waals surface area contributed by atoms with E-state index in [1.165, 1.54) is 18.7 Å². The lowest BCUT2D eigenvalue weighted by molar-refractivity contribution is -0.159. The number of thioether (sulfide) groups is 1. The molecule has 1 saturated carbocycles. The summed E-state index contributed by atoms with van der Waals surface area (Å²) in [6.07, 6.45) is 4.22. The molecule has 0 aromatic rings. The number of carbonyl (C=O) groups excluding carboxylic acids is 1. The van der Waals surface area contributed by atoms with Gasteiger partial charge in [-0.1, -0.05) is 0 Å². The number of rotatable bonds is 6. The Balaban J connectivity index is 1.70. The zero-order valence-corrected chi connectivity index (χ0v) is 12.4. The third kappa shape index (κ3) is 4.10.